The number of nitrogens with one attached hydrogen (secondary N) is 1. The topological polar surface area (TPSA) is 65.0 Å². The largest absolute Gasteiger partial charge is 0.418 e. The number of amides is 1. The second-order valence-electron chi connectivity index (χ2n) is 9.78. The molecule has 6 nitrogen and oxygen atoms in total. The van der Waals surface area contributed by atoms with Gasteiger partial charge in [-0.15, -0.1) is 0 Å². The fourth-order valence-electron chi connectivity index (χ4n) is 4.86. The molecule has 0 radical (unpaired) electrons. The van der Waals surface area contributed by atoms with Crippen LogP contribution in [0.2, 0.25) is 0 Å². The number of hydrogen-bond donors (Lipinski definition) is 2. The molecule has 4 rings (SSSR count). The summed E-state index contributed by atoms with van der Waals surface area (Å²) in [5.74, 6) is -0.595. The van der Waals surface area contributed by atoms with Gasteiger partial charge in [0.05, 0.1) is 17.7 Å². The summed E-state index contributed by atoms with van der Waals surface area (Å²) < 4.78 is 90.6. The molecule has 41 heavy (non-hydrogen) atoms. The molecular formula is C28H31F6N3O3S. The first-order valence-electron chi connectivity index (χ1n) is 13.2. The normalized spacial score (nSPS) is 17.8. The summed E-state index contributed by atoms with van der Waals surface area (Å²) in [6, 6.07) is 8.65. The number of carbonyl (C=O) groups is 1. The number of anilines is 1. The molecule has 13 heteroatoms. The van der Waals surface area contributed by atoms with Crippen LogP contribution in [0.4, 0.5) is 32.0 Å². The van der Waals surface area contributed by atoms with E-state index in [-0.39, 0.29) is 12.6 Å². The number of rotatable bonds is 8. The van der Waals surface area contributed by atoms with Crippen LogP contribution in [0.25, 0.3) is 6.08 Å². The van der Waals surface area contributed by atoms with Crippen molar-refractivity contribution >= 4 is 29.4 Å². The number of carbonyl (C=O) groups excluding carboxylic acids is 1. The third-order valence-corrected chi connectivity index (χ3v) is 7.98. The van der Waals surface area contributed by atoms with E-state index < -0.39 is 39.8 Å². The maximum Gasteiger partial charge on any atom is 0.418 e. The van der Waals surface area contributed by atoms with Crippen molar-refractivity contribution < 1.29 is 41.0 Å². The number of β-amino-alcohol motifs (C(OH)–C–C–N with tert-alkyl or cyclic N) is 1. The maximum atomic E-state index is 14.2. The molecule has 2 aromatic carbocycles. The lowest BCUT2D eigenvalue weighted by Gasteiger charge is -2.33. The Morgan fingerprint density at radius 1 is 1.00 bits per heavy atom. The van der Waals surface area contributed by atoms with Crippen LogP contribution in [0, 0.1) is 0 Å². The Morgan fingerprint density at radius 2 is 1.68 bits per heavy atom. The highest BCUT2D eigenvalue weighted by atomic mass is 32.2. The van der Waals surface area contributed by atoms with Crippen molar-refractivity contribution in [2.45, 2.75) is 41.0 Å². The van der Waals surface area contributed by atoms with E-state index in [1.54, 1.807) is 24.3 Å². The van der Waals surface area contributed by atoms with E-state index in [4.69, 9.17) is 9.84 Å². The fourth-order valence-corrected chi connectivity index (χ4v) is 5.91. The Labute approximate surface area is 238 Å². The quantitative estimate of drug-likeness (QED) is 0.302. The number of piperazine rings is 1. The van der Waals surface area contributed by atoms with Gasteiger partial charge >= 0.3 is 12.4 Å². The van der Waals surface area contributed by atoms with Crippen LogP contribution in [-0.4, -0.2) is 79.4 Å². The highest BCUT2D eigenvalue weighted by Crippen LogP contribution is 2.48. The van der Waals surface area contributed by atoms with Crippen LogP contribution in [0.1, 0.15) is 29.5 Å². The van der Waals surface area contributed by atoms with Crippen molar-refractivity contribution in [3.63, 3.8) is 0 Å². The Kier molecular flexibility index (Phi) is 10.3. The van der Waals surface area contributed by atoms with Gasteiger partial charge in [0.15, 0.2) is 0 Å². The number of hydrogen-bond acceptors (Lipinski definition) is 6. The van der Waals surface area contributed by atoms with Crippen LogP contribution >= 0.6 is 11.8 Å². The van der Waals surface area contributed by atoms with Crippen LogP contribution < -0.4 is 5.32 Å². The molecule has 2 heterocycles. The van der Waals surface area contributed by atoms with Crippen molar-refractivity contribution in [2.24, 2.45) is 0 Å². The Hall–Kier alpha value is -2.74. The van der Waals surface area contributed by atoms with E-state index in [2.05, 4.69) is 5.32 Å². The second kappa shape index (κ2) is 13.5. The molecule has 0 bridgehead atoms. The van der Waals surface area contributed by atoms with Gasteiger partial charge in [0.1, 0.15) is 0 Å². The highest BCUT2D eigenvalue weighted by Gasteiger charge is 2.46. The number of aliphatic hydroxyl groups is 1. The summed E-state index contributed by atoms with van der Waals surface area (Å²) in [5.41, 5.74) is -3.70. The first-order valence-corrected chi connectivity index (χ1v) is 14.0. The van der Waals surface area contributed by atoms with Crippen molar-refractivity contribution in [3.05, 3.63) is 59.2 Å². The lowest BCUT2D eigenvalue weighted by atomic mass is 9.99. The van der Waals surface area contributed by atoms with Crippen LogP contribution in [0.15, 0.2) is 52.3 Å². The van der Waals surface area contributed by atoms with E-state index in [1.165, 1.54) is 4.90 Å². The minimum Gasteiger partial charge on any atom is -0.395 e. The molecule has 2 aliphatic rings. The summed E-state index contributed by atoms with van der Waals surface area (Å²) >= 11 is 0.601. The average Bonchev–Trinajstić information content (AvgIpc) is 2.92. The number of nitrogens with zero attached hydrogens (tertiary/aromatic N) is 2. The number of benzene rings is 2. The zero-order valence-electron chi connectivity index (χ0n) is 22.1. The molecule has 2 aromatic rings. The van der Waals surface area contributed by atoms with Gasteiger partial charge in [-0.3, -0.25) is 9.69 Å². The molecule has 1 amide bonds. The van der Waals surface area contributed by atoms with Crippen molar-refractivity contribution in [2.75, 3.05) is 57.9 Å². The molecule has 0 spiro atoms. The molecule has 2 fully saturated rings. The first kappa shape index (κ1) is 31.2. The lowest BCUT2D eigenvalue weighted by molar-refractivity contribution is -0.163. The number of ether oxygens (including phenoxy) is 1. The molecule has 224 valence electrons. The summed E-state index contributed by atoms with van der Waals surface area (Å²) in [6.45, 7) is 3.12. The smallest absolute Gasteiger partial charge is 0.395 e. The summed E-state index contributed by atoms with van der Waals surface area (Å²) in [4.78, 5) is 15.7. The minimum absolute atomic E-state index is 0.0392. The second-order valence-corrected chi connectivity index (χ2v) is 10.9. The van der Waals surface area contributed by atoms with Gasteiger partial charge in [-0.25, -0.2) is 0 Å². The van der Waals surface area contributed by atoms with Gasteiger partial charge in [-0.2, -0.15) is 26.3 Å². The SMILES string of the molecule is O=C(/C=C/c1ccc(Sc2cccc(NC3CCOCC3)c2)c(C(F)(F)F)c1C(F)(F)F)N1CCN(CCO)CC1. The summed E-state index contributed by atoms with van der Waals surface area (Å²) in [5, 5.41) is 12.3. The van der Waals surface area contributed by atoms with E-state index in [0.717, 1.165) is 37.1 Å². The predicted molar refractivity (Wildman–Crippen MR) is 144 cm³/mol. The molecule has 0 unspecified atom stereocenters. The molecule has 2 saturated heterocycles. The number of alkyl halides is 6. The van der Waals surface area contributed by atoms with E-state index >= 15 is 0 Å². The monoisotopic (exact) mass is 603 g/mol. The van der Waals surface area contributed by atoms with Crippen LogP contribution in [-0.2, 0) is 21.9 Å². The van der Waals surface area contributed by atoms with Gasteiger partial charge < -0.3 is 20.1 Å². The Morgan fingerprint density at radius 3 is 2.32 bits per heavy atom. The van der Waals surface area contributed by atoms with Crippen molar-refractivity contribution in [1.29, 1.82) is 0 Å². The fraction of sp³-hybridized carbons (Fsp3) is 0.464. The zero-order valence-corrected chi connectivity index (χ0v) is 22.9. The van der Waals surface area contributed by atoms with E-state index in [0.29, 0.717) is 68.3 Å². The van der Waals surface area contributed by atoms with Crippen molar-refractivity contribution in [1.82, 2.24) is 9.80 Å². The zero-order chi connectivity index (χ0) is 29.6. The third kappa shape index (κ3) is 8.40. The van der Waals surface area contributed by atoms with Crippen LogP contribution in [0.3, 0.4) is 0 Å². The first-order chi connectivity index (χ1) is 19.5. The number of halogens is 6. The van der Waals surface area contributed by atoms with Crippen molar-refractivity contribution in [3.8, 4) is 0 Å². The van der Waals surface area contributed by atoms with Gasteiger partial charge in [0.25, 0.3) is 0 Å². The molecule has 2 N–H and O–H groups in total. The number of aliphatic hydroxyl groups excluding tert-OH is 1. The molecule has 0 saturated carbocycles. The minimum atomic E-state index is -5.33. The lowest BCUT2D eigenvalue weighted by Crippen LogP contribution is -2.48. The van der Waals surface area contributed by atoms with Gasteiger partial charge in [-0.1, -0.05) is 23.9 Å². The summed E-state index contributed by atoms with van der Waals surface area (Å²) in [7, 11) is 0. The van der Waals surface area contributed by atoms with Gasteiger partial charge in [0, 0.05) is 73.5 Å². The third-order valence-electron chi connectivity index (χ3n) is 6.93. The highest BCUT2D eigenvalue weighted by molar-refractivity contribution is 7.99. The standard InChI is InChI=1S/C28H31F6N3O3S/c29-27(30,31)25-19(5-7-24(39)37-12-10-36(11-13-37)14-15-38)4-6-23(26(25)28(32,33)34)41-22-3-1-2-21(18-22)35-20-8-16-40-17-9-20/h1-7,18,20,35,38H,8-17H2/b7-5+. The summed E-state index contributed by atoms with van der Waals surface area (Å²) in [6.07, 6.45) is -7.42. The molecule has 2 aliphatic heterocycles. The Bertz CT molecular complexity index is 1220. The molecular weight excluding hydrogens is 572 g/mol. The average molecular weight is 604 g/mol. The van der Waals surface area contributed by atoms with Gasteiger partial charge in [0.2, 0.25) is 5.91 Å². The molecule has 0 aliphatic carbocycles. The van der Waals surface area contributed by atoms with Crippen LogP contribution in [0.5, 0.6) is 0 Å². The maximum absolute atomic E-state index is 14.2. The van der Waals surface area contributed by atoms with E-state index in [9.17, 15) is 31.1 Å². The van der Waals surface area contributed by atoms with E-state index in [1.807, 2.05) is 4.90 Å². The Balaban J connectivity index is 1.60. The molecule has 0 atom stereocenters. The molecule has 0 aromatic heterocycles. The van der Waals surface area contributed by atoms with Gasteiger partial charge in [-0.05, 0) is 48.7 Å². The predicted octanol–water partition coefficient (Wildman–Crippen LogP) is 5.62.